The van der Waals surface area contributed by atoms with Crippen molar-refractivity contribution in [2.45, 2.75) is 0 Å². The summed E-state index contributed by atoms with van der Waals surface area (Å²) in [5, 5.41) is 1.11. The molecule has 3 heteroatoms. The zero-order valence-corrected chi connectivity index (χ0v) is 7.31. The highest BCUT2D eigenvalue weighted by atomic mass is 16.7. The van der Waals surface area contributed by atoms with E-state index in [4.69, 9.17) is 11.4 Å². The zero-order chi connectivity index (χ0) is 9.68. The van der Waals surface area contributed by atoms with Crippen molar-refractivity contribution < 1.29 is 9.63 Å². The summed E-state index contributed by atoms with van der Waals surface area (Å²) in [5.41, 5.74) is 0.650. The molecule has 1 aromatic carbocycles. The van der Waals surface area contributed by atoms with E-state index in [1.807, 2.05) is 18.2 Å². The summed E-state index contributed by atoms with van der Waals surface area (Å²) >= 11 is 0. The van der Waals surface area contributed by atoms with Crippen LogP contribution in [0.25, 0.3) is 0 Å². The number of hydrogen-bond donors (Lipinski definition) is 0. The monoisotopic (exact) mass is 176 g/mol. The molecule has 3 nitrogen and oxygen atoms in total. The first-order chi connectivity index (χ1) is 6.29. The van der Waals surface area contributed by atoms with Gasteiger partial charge in [-0.1, -0.05) is 24.8 Å². The molecule has 13 heavy (non-hydrogen) atoms. The van der Waals surface area contributed by atoms with Crippen LogP contribution in [0, 0.1) is 6.58 Å². The molecule has 0 heterocycles. The number of carbonyl (C=O) groups excluding carboxylic acids is 1. The van der Waals surface area contributed by atoms with Gasteiger partial charge in [-0.3, -0.25) is 9.63 Å². The van der Waals surface area contributed by atoms with Gasteiger partial charge in [-0.15, -0.1) is 0 Å². The molecule has 0 spiro atoms. The number of benzene rings is 1. The van der Waals surface area contributed by atoms with Crippen LogP contribution in [0.5, 0.6) is 0 Å². The molecule has 0 aliphatic heterocycles. The summed E-state index contributed by atoms with van der Waals surface area (Å²) in [6, 6.07) is 8.99. The van der Waals surface area contributed by atoms with Gasteiger partial charge in [0.2, 0.25) is 0 Å². The maximum atomic E-state index is 11.2. The molecule has 0 aliphatic rings. The van der Waals surface area contributed by atoms with Gasteiger partial charge >= 0.3 is 0 Å². The molecule has 0 unspecified atom stereocenters. The fourth-order valence-electron chi connectivity index (χ4n) is 0.954. The summed E-state index contributed by atoms with van der Waals surface area (Å²) < 4.78 is 0. The average molecular weight is 176 g/mol. The fraction of sp³-hybridized carbons (Fsp3) is 0.100. The largest absolute Gasteiger partial charge is 0.274 e. The number of para-hydroxylation sites is 1. The van der Waals surface area contributed by atoms with Gasteiger partial charge < -0.3 is 0 Å². The zero-order valence-electron chi connectivity index (χ0n) is 7.31. The highest BCUT2D eigenvalue weighted by Gasteiger charge is 2.10. The molecule has 0 aliphatic carbocycles. The first-order valence-corrected chi connectivity index (χ1v) is 3.77. The number of hydrogen-bond acceptors (Lipinski definition) is 2. The molecular weight excluding hydrogens is 166 g/mol. The molecule has 0 fully saturated rings. The fourth-order valence-corrected chi connectivity index (χ4v) is 0.954. The SMILES string of the molecule is [CH]=CC(=O)N(OC)c1ccccc1. The predicted octanol–water partition coefficient (Wildman–Crippen LogP) is 1.57. The Morgan fingerprint density at radius 3 is 2.54 bits per heavy atom. The van der Waals surface area contributed by atoms with Gasteiger partial charge in [-0.05, 0) is 12.1 Å². The van der Waals surface area contributed by atoms with Gasteiger partial charge in [0.15, 0.2) is 0 Å². The molecule has 0 bridgehead atoms. The summed E-state index contributed by atoms with van der Waals surface area (Å²) in [6.07, 6.45) is 0.955. The standard InChI is InChI=1S/C10H10NO2/c1-3-10(12)11(13-2)9-7-5-4-6-8-9/h1,3-8H,2H3. The van der Waals surface area contributed by atoms with E-state index < -0.39 is 5.91 Å². The van der Waals surface area contributed by atoms with Gasteiger partial charge in [-0.25, -0.2) is 0 Å². The maximum absolute atomic E-state index is 11.2. The normalized spacial score (nSPS) is 9.31. The third-order valence-electron chi connectivity index (χ3n) is 1.52. The number of hydroxylamine groups is 1. The minimum Gasteiger partial charge on any atom is -0.269 e. The number of anilines is 1. The second kappa shape index (κ2) is 4.42. The Morgan fingerprint density at radius 2 is 2.08 bits per heavy atom. The third kappa shape index (κ3) is 2.16. The van der Waals surface area contributed by atoms with Crippen molar-refractivity contribution in [3.63, 3.8) is 0 Å². The lowest BCUT2D eigenvalue weighted by atomic mass is 10.3. The van der Waals surface area contributed by atoms with Crippen molar-refractivity contribution in [2.75, 3.05) is 12.2 Å². The Hall–Kier alpha value is -1.61. The van der Waals surface area contributed by atoms with E-state index in [1.54, 1.807) is 12.1 Å². The molecule has 0 N–H and O–H groups in total. The van der Waals surface area contributed by atoms with Gasteiger partial charge in [0.25, 0.3) is 5.91 Å². The number of carbonyl (C=O) groups is 1. The van der Waals surface area contributed by atoms with Crippen LogP contribution in [0.3, 0.4) is 0 Å². The minimum absolute atomic E-state index is 0.395. The minimum atomic E-state index is -0.395. The third-order valence-corrected chi connectivity index (χ3v) is 1.52. The van der Waals surface area contributed by atoms with E-state index in [0.29, 0.717) is 5.69 Å². The molecule has 1 rings (SSSR count). The highest BCUT2D eigenvalue weighted by molar-refractivity contribution is 5.99. The van der Waals surface area contributed by atoms with Crippen LogP contribution >= 0.6 is 0 Å². The quantitative estimate of drug-likeness (QED) is 0.516. The van der Waals surface area contributed by atoms with E-state index in [-0.39, 0.29) is 0 Å². The van der Waals surface area contributed by atoms with E-state index in [2.05, 4.69) is 0 Å². The van der Waals surface area contributed by atoms with Gasteiger partial charge in [0.1, 0.15) is 0 Å². The summed E-state index contributed by atoms with van der Waals surface area (Å²) in [5.74, 6) is -0.395. The van der Waals surface area contributed by atoms with Crippen LogP contribution < -0.4 is 5.06 Å². The first-order valence-electron chi connectivity index (χ1n) is 3.77. The van der Waals surface area contributed by atoms with Crippen LogP contribution in [0.4, 0.5) is 5.69 Å². The van der Waals surface area contributed by atoms with Crippen molar-refractivity contribution in [1.82, 2.24) is 0 Å². The van der Waals surface area contributed by atoms with Gasteiger partial charge in [0, 0.05) is 6.08 Å². The van der Waals surface area contributed by atoms with Crippen LogP contribution in [0.1, 0.15) is 0 Å². The van der Waals surface area contributed by atoms with Crippen LogP contribution in [0.15, 0.2) is 36.4 Å². The topological polar surface area (TPSA) is 29.5 Å². The molecule has 0 atom stereocenters. The lowest BCUT2D eigenvalue weighted by molar-refractivity contribution is -0.120. The Bertz CT molecular complexity index is 295. The Morgan fingerprint density at radius 1 is 1.46 bits per heavy atom. The van der Waals surface area contributed by atoms with Gasteiger partial charge in [0.05, 0.1) is 12.8 Å². The lowest BCUT2D eigenvalue weighted by Gasteiger charge is -2.17. The van der Waals surface area contributed by atoms with Crippen LogP contribution in [0.2, 0.25) is 0 Å². The van der Waals surface area contributed by atoms with Crippen molar-refractivity contribution in [3.8, 4) is 0 Å². The summed E-state index contributed by atoms with van der Waals surface area (Å²) in [7, 11) is 1.41. The second-order valence-electron chi connectivity index (χ2n) is 2.32. The predicted molar refractivity (Wildman–Crippen MR) is 49.8 cm³/mol. The van der Waals surface area contributed by atoms with Crippen molar-refractivity contribution in [1.29, 1.82) is 0 Å². The lowest BCUT2D eigenvalue weighted by Crippen LogP contribution is -2.27. The van der Waals surface area contributed by atoms with E-state index >= 15 is 0 Å². The Balaban J connectivity index is 2.91. The first kappa shape index (κ1) is 9.48. The average Bonchev–Trinajstić information content (AvgIpc) is 2.20. The molecule has 1 amide bonds. The van der Waals surface area contributed by atoms with Crippen molar-refractivity contribution in [3.05, 3.63) is 43.0 Å². The molecular formula is C10H10NO2. The van der Waals surface area contributed by atoms with E-state index in [0.717, 1.165) is 11.1 Å². The molecule has 1 aromatic rings. The Kier molecular flexibility index (Phi) is 3.23. The molecule has 1 radical (unpaired) electrons. The van der Waals surface area contributed by atoms with Crippen molar-refractivity contribution >= 4 is 11.6 Å². The number of nitrogens with zero attached hydrogens (tertiary/aromatic N) is 1. The molecule has 0 aromatic heterocycles. The molecule has 67 valence electrons. The second-order valence-corrected chi connectivity index (χ2v) is 2.32. The van der Waals surface area contributed by atoms with Crippen molar-refractivity contribution in [2.24, 2.45) is 0 Å². The molecule has 0 saturated heterocycles. The van der Waals surface area contributed by atoms with E-state index in [1.165, 1.54) is 7.11 Å². The summed E-state index contributed by atoms with van der Waals surface area (Å²) in [6.45, 7) is 5.09. The van der Waals surface area contributed by atoms with E-state index in [9.17, 15) is 4.79 Å². The number of rotatable bonds is 3. The maximum Gasteiger partial charge on any atom is 0.274 e. The Labute approximate surface area is 77.2 Å². The molecule has 0 saturated carbocycles. The number of amides is 1. The summed E-state index contributed by atoms with van der Waals surface area (Å²) in [4.78, 5) is 16.0. The smallest absolute Gasteiger partial charge is 0.269 e. The highest BCUT2D eigenvalue weighted by Crippen LogP contribution is 2.13. The van der Waals surface area contributed by atoms with Gasteiger partial charge in [-0.2, -0.15) is 5.06 Å². The van der Waals surface area contributed by atoms with Crippen LogP contribution in [-0.4, -0.2) is 13.0 Å². The van der Waals surface area contributed by atoms with Crippen LogP contribution in [-0.2, 0) is 9.63 Å².